The molecule has 3 heteroatoms. The van der Waals surface area contributed by atoms with Gasteiger partial charge in [-0.1, -0.05) is 48.5 Å². The largest absolute Gasteiger partial charge is 0.478 e. The first-order valence-corrected chi connectivity index (χ1v) is 6.74. The summed E-state index contributed by atoms with van der Waals surface area (Å²) in [6.45, 7) is 1.83. The summed E-state index contributed by atoms with van der Waals surface area (Å²) in [7, 11) is 0. The first-order chi connectivity index (χ1) is 10.2. The van der Waals surface area contributed by atoms with Crippen molar-refractivity contribution in [3.63, 3.8) is 0 Å². The van der Waals surface area contributed by atoms with E-state index < -0.39 is 5.97 Å². The van der Waals surface area contributed by atoms with E-state index in [4.69, 9.17) is 0 Å². The molecule has 3 nitrogen and oxygen atoms in total. The van der Waals surface area contributed by atoms with E-state index in [1.54, 1.807) is 0 Å². The number of nitrogens with zero attached hydrogens (tertiary/aromatic N) is 1. The van der Waals surface area contributed by atoms with E-state index in [0.717, 1.165) is 16.8 Å². The zero-order chi connectivity index (χ0) is 14.8. The van der Waals surface area contributed by atoms with Gasteiger partial charge >= 0.3 is 5.97 Å². The molecule has 104 valence electrons. The molecule has 0 aliphatic carbocycles. The molecule has 0 radical (unpaired) electrons. The van der Waals surface area contributed by atoms with Crippen molar-refractivity contribution in [3.8, 4) is 16.9 Å². The van der Waals surface area contributed by atoms with E-state index in [-0.39, 0.29) is 0 Å². The second-order valence-corrected chi connectivity index (χ2v) is 4.91. The lowest BCUT2D eigenvalue weighted by atomic mass is 10.1. The highest BCUT2D eigenvalue weighted by atomic mass is 16.4. The van der Waals surface area contributed by atoms with Crippen molar-refractivity contribution in [3.05, 3.63) is 78.0 Å². The van der Waals surface area contributed by atoms with Crippen molar-refractivity contribution in [2.75, 3.05) is 0 Å². The van der Waals surface area contributed by atoms with Crippen molar-refractivity contribution in [2.24, 2.45) is 0 Å². The molecule has 2 aromatic carbocycles. The van der Waals surface area contributed by atoms with E-state index in [9.17, 15) is 9.90 Å². The van der Waals surface area contributed by atoms with E-state index >= 15 is 0 Å². The molecule has 0 atom stereocenters. The molecule has 0 aliphatic rings. The van der Waals surface area contributed by atoms with Crippen molar-refractivity contribution in [1.82, 2.24) is 4.57 Å². The highest BCUT2D eigenvalue weighted by Crippen LogP contribution is 2.30. The Labute approximate surface area is 123 Å². The Balaban J connectivity index is 2.32. The van der Waals surface area contributed by atoms with Crippen LogP contribution in [0.3, 0.4) is 0 Å². The topological polar surface area (TPSA) is 42.2 Å². The predicted molar refractivity (Wildman–Crippen MR) is 82.9 cm³/mol. The van der Waals surface area contributed by atoms with Gasteiger partial charge in [0.25, 0.3) is 0 Å². The third kappa shape index (κ3) is 2.34. The van der Waals surface area contributed by atoms with Gasteiger partial charge in [-0.25, -0.2) is 4.79 Å². The summed E-state index contributed by atoms with van der Waals surface area (Å²) in [4.78, 5) is 11.6. The number of aromatic carboxylic acids is 1. The first kappa shape index (κ1) is 13.2. The highest BCUT2D eigenvalue weighted by molar-refractivity contribution is 5.97. The summed E-state index contributed by atoms with van der Waals surface area (Å²) >= 11 is 0. The van der Waals surface area contributed by atoms with E-state index in [2.05, 4.69) is 0 Å². The van der Waals surface area contributed by atoms with Crippen LogP contribution in [0.2, 0.25) is 0 Å². The minimum atomic E-state index is -0.902. The van der Waals surface area contributed by atoms with Crippen molar-refractivity contribution < 1.29 is 9.90 Å². The standard InChI is InChI=1S/C18H15NO2/c1-13-12-19(15-10-6-3-7-11-15)17(16(13)18(20)21)14-8-4-2-5-9-14/h2-12H,1H3,(H,20,21). The monoisotopic (exact) mass is 277 g/mol. The fraction of sp³-hybridized carbons (Fsp3) is 0.0556. The maximum Gasteiger partial charge on any atom is 0.338 e. The van der Waals surface area contributed by atoms with Gasteiger partial charge in [-0.05, 0) is 30.2 Å². The van der Waals surface area contributed by atoms with Gasteiger partial charge in [-0.3, -0.25) is 0 Å². The zero-order valence-electron chi connectivity index (χ0n) is 11.7. The maximum absolute atomic E-state index is 11.6. The number of rotatable bonds is 3. The van der Waals surface area contributed by atoms with Gasteiger partial charge in [0.05, 0.1) is 11.3 Å². The average Bonchev–Trinajstić information content (AvgIpc) is 2.86. The Hall–Kier alpha value is -2.81. The number of para-hydroxylation sites is 1. The third-order valence-corrected chi connectivity index (χ3v) is 3.49. The maximum atomic E-state index is 11.6. The number of aryl methyl sites for hydroxylation is 1. The number of hydrogen-bond acceptors (Lipinski definition) is 1. The number of carboxylic acids is 1. The molecule has 3 rings (SSSR count). The lowest BCUT2D eigenvalue weighted by Crippen LogP contribution is -2.02. The molecule has 0 unspecified atom stereocenters. The van der Waals surface area contributed by atoms with Crippen LogP contribution in [0.1, 0.15) is 15.9 Å². The second kappa shape index (κ2) is 5.29. The SMILES string of the molecule is Cc1cn(-c2ccccc2)c(-c2ccccc2)c1C(=O)O. The summed E-state index contributed by atoms with van der Waals surface area (Å²) < 4.78 is 1.94. The Morgan fingerprint density at radius 1 is 0.952 bits per heavy atom. The normalized spacial score (nSPS) is 10.5. The molecule has 0 fully saturated rings. The van der Waals surface area contributed by atoms with E-state index in [1.807, 2.05) is 78.4 Å². The lowest BCUT2D eigenvalue weighted by Gasteiger charge is -2.10. The quantitative estimate of drug-likeness (QED) is 0.781. The molecule has 0 bridgehead atoms. The zero-order valence-corrected chi connectivity index (χ0v) is 11.7. The van der Waals surface area contributed by atoms with Crippen LogP contribution in [0.5, 0.6) is 0 Å². The first-order valence-electron chi connectivity index (χ1n) is 6.74. The Morgan fingerprint density at radius 2 is 1.52 bits per heavy atom. The van der Waals surface area contributed by atoms with Crippen molar-refractivity contribution in [1.29, 1.82) is 0 Å². The minimum Gasteiger partial charge on any atom is -0.478 e. The van der Waals surface area contributed by atoms with Gasteiger partial charge < -0.3 is 9.67 Å². The number of hydrogen-bond donors (Lipinski definition) is 1. The third-order valence-electron chi connectivity index (χ3n) is 3.49. The van der Waals surface area contributed by atoms with Crippen LogP contribution in [0.4, 0.5) is 0 Å². The number of benzene rings is 2. The van der Waals surface area contributed by atoms with Gasteiger partial charge in [0.15, 0.2) is 0 Å². The fourth-order valence-electron chi connectivity index (χ4n) is 2.57. The van der Waals surface area contributed by atoms with Crippen molar-refractivity contribution in [2.45, 2.75) is 6.92 Å². The van der Waals surface area contributed by atoms with E-state index in [0.29, 0.717) is 11.3 Å². The van der Waals surface area contributed by atoms with Crippen LogP contribution >= 0.6 is 0 Å². The van der Waals surface area contributed by atoms with Crippen LogP contribution in [0, 0.1) is 6.92 Å². The number of carboxylic acid groups (broad SMARTS) is 1. The molecule has 0 saturated carbocycles. The smallest absolute Gasteiger partial charge is 0.338 e. The van der Waals surface area contributed by atoms with Crippen LogP contribution in [0.15, 0.2) is 66.9 Å². The number of carbonyl (C=O) groups is 1. The molecule has 0 amide bonds. The van der Waals surface area contributed by atoms with E-state index in [1.165, 1.54) is 0 Å². The molecule has 0 saturated heterocycles. The molecule has 21 heavy (non-hydrogen) atoms. The summed E-state index contributed by atoms with van der Waals surface area (Å²) in [5.74, 6) is -0.902. The van der Waals surface area contributed by atoms with Gasteiger partial charge in [-0.2, -0.15) is 0 Å². The molecule has 3 aromatic rings. The van der Waals surface area contributed by atoms with Gasteiger partial charge in [-0.15, -0.1) is 0 Å². The number of aromatic nitrogens is 1. The lowest BCUT2D eigenvalue weighted by molar-refractivity contribution is 0.0697. The molecule has 1 aromatic heterocycles. The molecule has 1 heterocycles. The van der Waals surface area contributed by atoms with Gasteiger partial charge in [0.1, 0.15) is 0 Å². The molecular weight excluding hydrogens is 262 g/mol. The summed E-state index contributed by atoms with van der Waals surface area (Å²) in [5.41, 5.74) is 3.67. The predicted octanol–water partition coefficient (Wildman–Crippen LogP) is 4.15. The Morgan fingerprint density at radius 3 is 2.10 bits per heavy atom. The Bertz CT molecular complexity index is 774. The molecule has 0 spiro atoms. The summed E-state index contributed by atoms with van der Waals surface area (Å²) in [6, 6.07) is 19.4. The van der Waals surface area contributed by atoms with Crippen LogP contribution < -0.4 is 0 Å². The Kier molecular flexibility index (Phi) is 3.32. The van der Waals surface area contributed by atoms with Gasteiger partial charge in [0.2, 0.25) is 0 Å². The van der Waals surface area contributed by atoms with Gasteiger partial charge in [0, 0.05) is 11.9 Å². The highest BCUT2D eigenvalue weighted by Gasteiger charge is 2.21. The van der Waals surface area contributed by atoms with Crippen molar-refractivity contribution >= 4 is 5.97 Å². The summed E-state index contributed by atoms with van der Waals surface area (Å²) in [5, 5.41) is 9.55. The minimum absolute atomic E-state index is 0.352. The fourth-order valence-corrected chi connectivity index (χ4v) is 2.57. The summed E-state index contributed by atoms with van der Waals surface area (Å²) in [6.07, 6.45) is 1.88. The van der Waals surface area contributed by atoms with Crippen LogP contribution in [-0.2, 0) is 0 Å². The molecule has 1 N–H and O–H groups in total. The van der Waals surface area contributed by atoms with Crippen LogP contribution in [0.25, 0.3) is 16.9 Å². The van der Waals surface area contributed by atoms with Crippen LogP contribution in [-0.4, -0.2) is 15.6 Å². The second-order valence-electron chi connectivity index (χ2n) is 4.91. The molecule has 0 aliphatic heterocycles. The average molecular weight is 277 g/mol. The molecular formula is C18H15NO2.